The number of H-pyrrole nitrogens is 1. The van der Waals surface area contributed by atoms with Gasteiger partial charge in [0, 0.05) is 25.2 Å². The Morgan fingerprint density at radius 2 is 2.00 bits per heavy atom. The maximum atomic E-state index is 11.9. The van der Waals surface area contributed by atoms with Crippen LogP contribution >= 0.6 is 0 Å². The van der Waals surface area contributed by atoms with Gasteiger partial charge in [-0.3, -0.25) is 4.79 Å². The van der Waals surface area contributed by atoms with E-state index in [9.17, 15) is 9.90 Å². The van der Waals surface area contributed by atoms with Gasteiger partial charge in [-0.05, 0) is 24.6 Å². The van der Waals surface area contributed by atoms with E-state index in [0.717, 1.165) is 36.8 Å². The summed E-state index contributed by atoms with van der Waals surface area (Å²) in [6, 6.07) is 5.67. The fraction of sp³-hybridized carbons (Fsp3) is 0.471. The Morgan fingerprint density at radius 3 is 2.68 bits per heavy atom. The number of hydrogen-bond acceptors (Lipinski definition) is 4. The highest BCUT2D eigenvalue weighted by atomic mass is 16.5. The van der Waals surface area contributed by atoms with E-state index < -0.39 is 5.56 Å². The number of unbranched alkanes of at least 4 members (excludes halogenated alkanes) is 3. The number of aromatic nitrogens is 1. The Labute approximate surface area is 130 Å². The number of nitrogens with zero attached hydrogens (tertiary/aromatic N) is 1. The topological polar surface area (TPSA) is 65.6 Å². The number of rotatable bonds is 7. The van der Waals surface area contributed by atoms with E-state index in [4.69, 9.17) is 4.74 Å². The van der Waals surface area contributed by atoms with Crippen LogP contribution in [0.25, 0.3) is 10.9 Å². The lowest BCUT2D eigenvalue weighted by atomic mass is 10.1. The first-order valence-corrected chi connectivity index (χ1v) is 7.73. The van der Waals surface area contributed by atoms with E-state index in [1.807, 2.05) is 37.2 Å². The summed E-state index contributed by atoms with van der Waals surface area (Å²) in [5, 5.41) is 10.7. The van der Waals surface area contributed by atoms with Gasteiger partial charge in [-0.15, -0.1) is 0 Å². The molecule has 0 radical (unpaired) electrons. The van der Waals surface area contributed by atoms with Gasteiger partial charge in [-0.2, -0.15) is 0 Å². The first-order valence-electron chi connectivity index (χ1n) is 7.73. The highest BCUT2D eigenvalue weighted by Gasteiger charge is 2.13. The predicted octanol–water partition coefficient (Wildman–Crippen LogP) is 3.26. The number of benzene rings is 1. The minimum absolute atomic E-state index is 0.278. The van der Waals surface area contributed by atoms with Crippen molar-refractivity contribution in [1.82, 2.24) is 4.98 Å². The third-order valence-electron chi connectivity index (χ3n) is 3.69. The number of aromatic amines is 1. The van der Waals surface area contributed by atoms with Gasteiger partial charge < -0.3 is 19.7 Å². The van der Waals surface area contributed by atoms with Crippen LogP contribution in [0.2, 0.25) is 0 Å². The summed E-state index contributed by atoms with van der Waals surface area (Å²) in [7, 11) is 3.87. The Kier molecular flexibility index (Phi) is 5.31. The van der Waals surface area contributed by atoms with Gasteiger partial charge in [0.05, 0.1) is 12.1 Å². The van der Waals surface area contributed by atoms with Crippen LogP contribution in [0.15, 0.2) is 23.0 Å². The normalized spacial score (nSPS) is 10.9. The number of aromatic hydroxyl groups is 1. The van der Waals surface area contributed by atoms with E-state index >= 15 is 0 Å². The SMILES string of the molecule is CCCCCCOc1c(O)c(=O)[nH]c2cc(N(C)C)ccc12. The molecule has 1 aromatic carbocycles. The molecule has 0 spiro atoms. The zero-order chi connectivity index (χ0) is 16.1. The molecular weight excluding hydrogens is 280 g/mol. The summed E-state index contributed by atoms with van der Waals surface area (Å²) in [5.74, 6) is -0.0684. The molecule has 0 bridgehead atoms. The molecule has 2 rings (SSSR count). The minimum atomic E-state index is -0.521. The van der Waals surface area contributed by atoms with Crippen LogP contribution in [0.3, 0.4) is 0 Å². The molecular formula is C17H24N2O3. The maximum Gasteiger partial charge on any atom is 0.294 e. The van der Waals surface area contributed by atoms with Gasteiger partial charge in [0.25, 0.3) is 5.56 Å². The van der Waals surface area contributed by atoms with Crippen LogP contribution < -0.4 is 15.2 Å². The first-order chi connectivity index (χ1) is 10.5. The molecule has 1 aromatic heterocycles. The summed E-state index contributed by atoms with van der Waals surface area (Å²) in [6.45, 7) is 2.65. The molecule has 0 fully saturated rings. The van der Waals surface area contributed by atoms with Crippen molar-refractivity contribution in [2.45, 2.75) is 32.6 Å². The molecule has 0 amide bonds. The molecule has 120 valence electrons. The molecule has 1 heterocycles. The zero-order valence-electron chi connectivity index (χ0n) is 13.5. The average Bonchev–Trinajstić information content (AvgIpc) is 2.49. The monoisotopic (exact) mass is 304 g/mol. The first kappa shape index (κ1) is 16.2. The molecule has 22 heavy (non-hydrogen) atoms. The van der Waals surface area contributed by atoms with Crippen molar-refractivity contribution in [1.29, 1.82) is 0 Å². The van der Waals surface area contributed by atoms with Gasteiger partial charge >= 0.3 is 0 Å². The second kappa shape index (κ2) is 7.20. The lowest BCUT2D eigenvalue weighted by Crippen LogP contribution is -2.11. The second-order valence-corrected chi connectivity index (χ2v) is 5.67. The number of pyridine rings is 1. The largest absolute Gasteiger partial charge is 0.500 e. The fourth-order valence-corrected chi connectivity index (χ4v) is 2.37. The maximum absolute atomic E-state index is 11.9. The summed E-state index contributed by atoms with van der Waals surface area (Å²) in [5.41, 5.74) is 1.12. The van der Waals surface area contributed by atoms with E-state index in [0.29, 0.717) is 12.1 Å². The van der Waals surface area contributed by atoms with Crippen molar-refractivity contribution in [2.24, 2.45) is 0 Å². The second-order valence-electron chi connectivity index (χ2n) is 5.67. The van der Waals surface area contributed by atoms with Crippen molar-refractivity contribution in [3.05, 3.63) is 28.6 Å². The molecule has 0 saturated carbocycles. The molecule has 0 atom stereocenters. The lowest BCUT2D eigenvalue weighted by Gasteiger charge is -2.15. The van der Waals surface area contributed by atoms with E-state index in [1.54, 1.807) is 0 Å². The van der Waals surface area contributed by atoms with Gasteiger partial charge in [-0.25, -0.2) is 0 Å². The summed E-state index contributed by atoms with van der Waals surface area (Å²) in [4.78, 5) is 16.5. The van der Waals surface area contributed by atoms with Crippen LogP contribution in [0, 0.1) is 0 Å². The Bertz CT molecular complexity index is 692. The summed E-state index contributed by atoms with van der Waals surface area (Å²) >= 11 is 0. The highest BCUT2D eigenvalue weighted by Crippen LogP contribution is 2.32. The molecule has 5 heteroatoms. The van der Waals surface area contributed by atoms with Crippen molar-refractivity contribution < 1.29 is 9.84 Å². The number of hydrogen-bond donors (Lipinski definition) is 2. The molecule has 5 nitrogen and oxygen atoms in total. The fourth-order valence-electron chi connectivity index (χ4n) is 2.37. The quantitative estimate of drug-likeness (QED) is 0.771. The van der Waals surface area contributed by atoms with Crippen molar-refractivity contribution in [2.75, 3.05) is 25.6 Å². The zero-order valence-corrected chi connectivity index (χ0v) is 13.5. The smallest absolute Gasteiger partial charge is 0.294 e. The van der Waals surface area contributed by atoms with E-state index in [2.05, 4.69) is 11.9 Å². The predicted molar refractivity (Wildman–Crippen MR) is 90.2 cm³/mol. The number of fused-ring (bicyclic) bond motifs is 1. The minimum Gasteiger partial charge on any atom is -0.500 e. The molecule has 0 aliphatic carbocycles. The third kappa shape index (κ3) is 3.53. The Balaban J connectivity index is 2.31. The van der Waals surface area contributed by atoms with Crippen LogP contribution in [0.4, 0.5) is 5.69 Å². The molecule has 0 aliphatic rings. The number of anilines is 1. The van der Waals surface area contributed by atoms with Crippen molar-refractivity contribution in [3.63, 3.8) is 0 Å². The van der Waals surface area contributed by atoms with Crippen LogP contribution in [-0.2, 0) is 0 Å². The van der Waals surface area contributed by atoms with Crippen molar-refractivity contribution >= 4 is 16.6 Å². The summed E-state index contributed by atoms with van der Waals surface area (Å²) in [6.07, 6.45) is 4.32. The number of nitrogens with one attached hydrogen (secondary N) is 1. The number of ether oxygens (including phenoxy) is 1. The van der Waals surface area contributed by atoms with Gasteiger partial charge in [0.15, 0.2) is 5.75 Å². The van der Waals surface area contributed by atoms with Crippen molar-refractivity contribution in [3.8, 4) is 11.5 Å². The van der Waals surface area contributed by atoms with Crippen LogP contribution in [-0.4, -0.2) is 30.8 Å². The van der Waals surface area contributed by atoms with E-state index in [-0.39, 0.29) is 11.5 Å². The van der Waals surface area contributed by atoms with Crippen LogP contribution in [0.5, 0.6) is 11.5 Å². The molecule has 0 saturated heterocycles. The molecule has 2 aromatic rings. The highest BCUT2D eigenvalue weighted by molar-refractivity contribution is 5.89. The Hall–Kier alpha value is -2.17. The third-order valence-corrected chi connectivity index (χ3v) is 3.69. The van der Waals surface area contributed by atoms with E-state index in [1.165, 1.54) is 0 Å². The molecule has 0 unspecified atom stereocenters. The lowest BCUT2D eigenvalue weighted by molar-refractivity contribution is 0.291. The molecule has 0 aliphatic heterocycles. The standard InChI is InChI=1S/C17H24N2O3/c1-4-5-6-7-10-22-16-13-9-8-12(19(2)3)11-14(13)18-17(21)15(16)20/h8-9,11,20H,4-7,10H2,1-3H3,(H,18,21). The van der Waals surface area contributed by atoms with Gasteiger partial charge in [0.2, 0.25) is 5.75 Å². The van der Waals surface area contributed by atoms with Crippen LogP contribution in [0.1, 0.15) is 32.6 Å². The molecule has 2 N–H and O–H groups in total. The Morgan fingerprint density at radius 1 is 1.23 bits per heavy atom. The average molecular weight is 304 g/mol. The van der Waals surface area contributed by atoms with Gasteiger partial charge in [0.1, 0.15) is 0 Å². The summed E-state index contributed by atoms with van der Waals surface area (Å²) < 4.78 is 5.69. The van der Waals surface area contributed by atoms with Gasteiger partial charge in [-0.1, -0.05) is 26.2 Å².